The van der Waals surface area contributed by atoms with Crippen LogP contribution < -0.4 is 10.1 Å². The Bertz CT molecular complexity index is 546. The predicted molar refractivity (Wildman–Crippen MR) is 77.4 cm³/mol. The van der Waals surface area contributed by atoms with Crippen molar-refractivity contribution in [3.05, 3.63) is 35.8 Å². The maximum atomic E-state index is 5.50. The van der Waals surface area contributed by atoms with Gasteiger partial charge in [0, 0.05) is 5.56 Å². The third kappa shape index (κ3) is 2.96. The van der Waals surface area contributed by atoms with Gasteiger partial charge in [0.1, 0.15) is 11.6 Å². The van der Waals surface area contributed by atoms with Crippen molar-refractivity contribution in [2.75, 3.05) is 14.2 Å². The number of H-pyrrole nitrogens is 1. The van der Waals surface area contributed by atoms with Crippen LogP contribution in [0.1, 0.15) is 31.2 Å². The molecule has 1 heterocycles. The molecule has 0 aliphatic rings. The number of hydrogen-bond donors (Lipinski definition) is 2. The van der Waals surface area contributed by atoms with Crippen LogP contribution in [0.25, 0.3) is 11.3 Å². The summed E-state index contributed by atoms with van der Waals surface area (Å²) in [4.78, 5) is 7.64. The lowest BCUT2D eigenvalue weighted by Crippen LogP contribution is -2.06. The van der Waals surface area contributed by atoms with Crippen LogP contribution in [0.2, 0.25) is 0 Å². The third-order valence-corrected chi connectivity index (χ3v) is 3.16. The van der Waals surface area contributed by atoms with E-state index in [1.54, 1.807) is 7.11 Å². The highest BCUT2D eigenvalue weighted by Crippen LogP contribution is 2.31. The monoisotopic (exact) mass is 259 g/mol. The Labute approximate surface area is 114 Å². The van der Waals surface area contributed by atoms with E-state index in [4.69, 9.17) is 4.74 Å². The van der Waals surface area contributed by atoms with Crippen molar-refractivity contribution in [2.45, 2.75) is 26.3 Å². The minimum absolute atomic E-state index is 0.490. The lowest BCUT2D eigenvalue weighted by molar-refractivity contribution is 0.415. The van der Waals surface area contributed by atoms with Gasteiger partial charge in [-0.3, -0.25) is 0 Å². The first-order chi connectivity index (χ1) is 9.15. The Morgan fingerprint density at radius 3 is 2.79 bits per heavy atom. The van der Waals surface area contributed by atoms with Crippen LogP contribution in [0.4, 0.5) is 0 Å². The van der Waals surface area contributed by atoms with E-state index in [-0.39, 0.29) is 0 Å². The van der Waals surface area contributed by atoms with Crippen LogP contribution in [-0.2, 0) is 6.54 Å². The number of aromatic nitrogens is 2. The van der Waals surface area contributed by atoms with Gasteiger partial charge in [0.2, 0.25) is 0 Å². The summed E-state index contributed by atoms with van der Waals surface area (Å²) >= 11 is 0. The van der Waals surface area contributed by atoms with Gasteiger partial charge >= 0.3 is 0 Å². The second-order valence-electron chi connectivity index (χ2n) is 4.89. The summed E-state index contributed by atoms with van der Waals surface area (Å²) in [7, 11) is 3.61. The number of rotatable bonds is 5. The molecule has 0 saturated carbocycles. The molecule has 0 spiro atoms. The number of nitrogens with one attached hydrogen (secondary N) is 2. The summed E-state index contributed by atoms with van der Waals surface area (Å²) in [5.41, 5.74) is 3.30. The van der Waals surface area contributed by atoms with Crippen LogP contribution >= 0.6 is 0 Å². The maximum Gasteiger partial charge on any atom is 0.128 e. The number of nitrogens with zero attached hydrogens (tertiary/aromatic N) is 1. The van der Waals surface area contributed by atoms with Gasteiger partial charge in [0.25, 0.3) is 0 Å². The van der Waals surface area contributed by atoms with Crippen molar-refractivity contribution < 1.29 is 4.74 Å². The number of methoxy groups -OCH3 is 1. The highest BCUT2D eigenvalue weighted by molar-refractivity contribution is 5.67. The predicted octanol–water partition coefficient (Wildman–Crippen LogP) is 2.93. The molecule has 4 heteroatoms. The molecular weight excluding hydrogens is 238 g/mol. The van der Waals surface area contributed by atoms with Crippen molar-refractivity contribution in [3.63, 3.8) is 0 Å². The van der Waals surface area contributed by atoms with Gasteiger partial charge in [0.15, 0.2) is 0 Å². The summed E-state index contributed by atoms with van der Waals surface area (Å²) < 4.78 is 5.50. The van der Waals surface area contributed by atoms with Crippen LogP contribution in [0.3, 0.4) is 0 Å². The van der Waals surface area contributed by atoms with Gasteiger partial charge < -0.3 is 15.0 Å². The molecule has 0 radical (unpaired) electrons. The minimum atomic E-state index is 0.490. The Balaban J connectivity index is 2.37. The third-order valence-electron chi connectivity index (χ3n) is 3.16. The Hall–Kier alpha value is -1.81. The fraction of sp³-hybridized carbons (Fsp3) is 0.400. The SMILES string of the molecule is CNCc1ncc(-c2ccc(C(C)C)cc2OC)[nH]1. The van der Waals surface area contributed by atoms with Crippen molar-refractivity contribution in [1.29, 1.82) is 0 Å². The zero-order valence-electron chi connectivity index (χ0n) is 11.9. The second kappa shape index (κ2) is 5.89. The quantitative estimate of drug-likeness (QED) is 0.868. The van der Waals surface area contributed by atoms with Gasteiger partial charge in [-0.2, -0.15) is 0 Å². The lowest BCUT2D eigenvalue weighted by atomic mass is 10.00. The summed E-state index contributed by atoms with van der Waals surface area (Å²) in [5, 5.41) is 3.08. The van der Waals surface area contributed by atoms with Gasteiger partial charge in [0.05, 0.1) is 25.5 Å². The summed E-state index contributed by atoms with van der Waals surface area (Å²) in [5.74, 6) is 2.29. The van der Waals surface area contributed by atoms with Crippen LogP contribution in [0, 0.1) is 0 Å². The van der Waals surface area contributed by atoms with E-state index < -0.39 is 0 Å². The van der Waals surface area contributed by atoms with E-state index in [2.05, 4.69) is 47.3 Å². The molecule has 4 nitrogen and oxygen atoms in total. The number of benzene rings is 1. The summed E-state index contributed by atoms with van der Waals surface area (Å²) in [6, 6.07) is 6.32. The molecule has 0 fully saturated rings. The zero-order chi connectivity index (χ0) is 13.8. The largest absolute Gasteiger partial charge is 0.496 e. The van der Waals surface area contributed by atoms with E-state index in [9.17, 15) is 0 Å². The molecule has 2 aromatic rings. The Morgan fingerprint density at radius 1 is 1.37 bits per heavy atom. The molecule has 2 N–H and O–H groups in total. The molecule has 0 aliphatic carbocycles. The summed E-state index contributed by atoms with van der Waals surface area (Å²) in [6.45, 7) is 5.08. The molecule has 19 heavy (non-hydrogen) atoms. The molecule has 0 unspecified atom stereocenters. The van der Waals surface area contributed by atoms with E-state index in [0.29, 0.717) is 5.92 Å². The van der Waals surface area contributed by atoms with Crippen LogP contribution in [0.5, 0.6) is 5.75 Å². The van der Waals surface area contributed by atoms with Crippen molar-refractivity contribution in [3.8, 4) is 17.0 Å². The van der Waals surface area contributed by atoms with E-state index in [1.165, 1.54) is 5.56 Å². The van der Waals surface area contributed by atoms with E-state index >= 15 is 0 Å². The zero-order valence-corrected chi connectivity index (χ0v) is 11.9. The van der Waals surface area contributed by atoms with Gasteiger partial charge in [-0.15, -0.1) is 0 Å². The number of aromatic amines is 1. The molecule has 1 aromatic heterocycles. The normalized spacial score (nSPS) is 11.0. The molecule has 0 atom stereocenters. The number of hydrogen-bond acceptors (Lipinski definition) is 3. The molecule has 0 aliphatic heterocycles. The molecule has 0 bridgehead atoms. The minimum Gasteiger partial charge on any atom is -0.496 e. The fourth-order valence-corrected chi connectivity index (χ4v) is 2.05. The average molecular weight is 259 g/mol. The van der Waals surface area contributed by atoms with E-state index in [1.807, 2.05) is 13.2 Å². The Morgan fingerprint density at radius 2 is 2.16 bits per heavy atom. The average Bonchev–Trinajstić information content (AvgIpc) is 2.86. The van der Waals surface area contributed by atoms with Crippen molar-refractivity contribution in [2.24, 2.45) is 0 Å². The molecule has 0 saturated heterocycles. The topological polar surface area (TPSA) is 49.9 Å². The summed E-state index contributed by atoms with van der Waals surface area (Å²) in [6.07, 6.45) is 1.85. The molecule has 1 aromatic carbocycles. The molecule has 102 valence electrons. The first-order valence-electron chi connectivity index (χ1n) is 6.52. The van der Waals surface area contributed by atoms with Gasteiger partial charge in [-0.05, 0) is 30.7 Å². The standard InChI is InChI=1S/C15H21N3O/c1-10(2)11-5-6-12(14(7-11)19-4)13-8-17-15(18-13)9-16-3/h5-8,10,16H,9H2,1-4H3,(H,17,18). The highest BCUT2D eigenvalue weighted by atomic mass is 16.5. The van der Waals surface area contributed by atoms with Crippen LogP contribution in [0.15, 0.2) is 24.4 Å². The van der Waals surface area contributed by atoms with Crippen molar-refractivity contribution >= 4 is 0 Å². The second-order valence-corrected chi connectivity index (χ2v) is 4.89. The maximum absolute atomic E-state index is 5.50. The fourth-order valence-electron chi connectivity index (χ4n) is 2.05. The molecule has 0 amide bonds. The Kier molecular flexibility index (Phi) is 4.22. The number of imidazole rings is 1. The smallest absolute Gasteiger partial charge is 0.128 e. The lowest BCUT2D eigenvalue weighted by Gasteiger charge is -2.11. The number of ether oxygens (including phenoxy) is 1. The molecule has 2 rings (SSSR count). The van der Waals surface area contributed by atoms with Crippen LogP contribution in [-0.4, -0.2) is 24.1 Å². The first kappa shape index (κ1) is 13.6. The molecular formula is C15H21N3O. The van der Waals surface area contributed by atoms with Gasteiger partial charge in [-0.25, -0.2) is 4.98 Å². The van der Waals surface area contributed by atoms with Crippen molar-refractivity contribution in [1.82, 2.24) is 15.3 Å². The first-order valence-corrected chi connectivity index (χ1v) is 6.52. The van der Waals surface area contributed by atoms with E-state index in [0.717, 1.165) is 29.4 Å². The highest BCUT2D eigenvalue weighted by Gasteiger charge is 2.11. The van der Waals surface area contributed by atoms with Gasteiger partial charge in [-0.1, -0.05) is 19.9 Å².